The number of nitrogens with zero attached hydrogens (tertiary/aromatic N) is 2. The number of halogens is 1. The topological polar surface area (TPSA) is 51.0 Å². The van der Waals surface area contributed by atoms with Crippen molar-refractivity contribution in [2.45, 2.75) is 56.5 Å². The number of benzene rings is 1. The maximum Gasteiger partial charge on any atom is 0.229 e. The summed E-state index contributed by atoms with van der Waals surface area (Å²) >= 11 is 6.02. The van der Waals surface area contributed by atoms with Crippen molar-refractivity contribution in [1.82, 2.24) is 15.5 Å². The van der Waals surface area contributed by atoms with Crippen LogP contribution in [0, 0.1) is 0 Å². The van der Waals surface area contributed by atoms with Gasteiger partial charge >= 0.3 is 0 Å². The van der Waals surface area contributed by atoms with Crippen molar-refractivity contribution in [2.75, 3.05) is 0 Å². The molecule has 0 atom stereocenters. The minimum absolute atomic E-state index is 0.0188. The number of aromatic nitrogens is 2. The molecule has 4 nitrogen and oxygen atoms in total. The van der Waals surface area contributed by atoms with Crippen LogP contribution in [0.25, 0.3) is 0 Å². The van der Waals surface area contributed by atoms with Gasteiger partial charge < -0.3 is 9.84 Å². The third kappa shape index (κ3) is 2.77. The molecule has 2 saturated carbocycles. The van der Waals surface area contributed by atoms with E-state index >= 15 is 0 Å². The summed E-state index contributed by atoms with van der Waals surface area (Å²) in [5.41, 5.74) is 1.32. The van der Waals surface area contributed by atoms with Crippen LogP contribution >= 0.6 is 11.6 Å². The van der Waals surface area contributed by atoms with Crippen LogP contribution in [0.3, 0.4) is 0 Å². The zero-order valence-corrected chi connectivity index (χ0v) is 13.3. The van der Waals surface area contributed by atoms with E-state index in [0.29, 0.717) is 12.5 Å². The fraction of sp³-hybridized carbons (Fsp3) is 0.529. The van der Waals surface area contributed by atoms with Crippen molar-refractivity contribution in [3.05, 3.63) is 46.6 Å². The Morgan fingerprint density at radius 2 is 1.91 bits per heavy atom. The summed E-state index contributed by atoms with van der Waals surface area (Å²) in [6.45, 7) is 0.652. The average molecular weight is 318 g/mol. The Morgan fingerprint density at radius 3 is 2.59 bits per heavy atom. The van der Waals surface area contributed by atoms with Gasteiger partial charge in [-0.2, -0.15) is 4.98 Å². The van der Waals surface area contributed by atoms with Crippen molar-refractivity contribution in [2.24, 2.45) is 0 Å². The van der Waals surface area contributed by atoms with E-state index < -0.39 is 0 Å². The second-order valence-corrected chi connectivity index (χ2v) is 6.91. The first kappa shape index (κ1) is 14.2. The van der Waals surface area contributed by atoms with Gasteiger partial charge in [0.2, 0.25) is 5.89 Å². The fourth-order valence-electron chi connectivity index (χ4n) is 3.40. The standard InChI is InChI=1S/C17H20ClN3O/c18-14-7-5-13(6-8-14)17(9-1-2-10-17)19-11-15-20-16(22-21-15)12-3-4-12/h5-8,12,19H,1-4,9-11H2. The van der Waals surface area contributed by atoms with Crippen LogP contribution in [-0.2, 0) is 12.1 Å². The SMILES string of the molecule is Clc1ccc(C2(NCc3noc(C4CC4)n3)CCCC2)cc1. The number of hydrogen-bond donors (Lipinski definition) is 1. The summed E-state index contributed by atoms with van der Waals surface area (Å²) in [4.78, 5) is 4.51. The smallest absolute Gasteiger partial charge is 0.229 e. The molecule has 22 heavy (non-hydrogen) atoms. The van der Waals surface area contributed by atoms with E-state index in [9.17, 15) is 0 Å². The zero-order chi connectivity index (χ0) is 15.0. The highest BCUT2D eigenvalue weighted by Gasteiger charge is 2.35. The van der Waals surface area contributed by atoms with Gasteiger partial charge in [-0.15, -0.1) is 0 Å². The van der Waals surface area contributed by atoms with Crippen molar-refractivity contribution < 1.29 is 4.52 Å². The predicted molar refractivity (Wildman–Crippen MR) is 84.7 cm³/mol. The molecule has 5 heteroatoms. The first-order valence-corrected chi connectivity index (χ1v) is 8.47. The third-order valence-corrected chi connectivity index (χ3v) is 5.10. The Morgan fingerprint density at radius 1 is 1.18 bits per heavy atom. The van der Waals surface area contributed by atoms with Crippen LogP contribution in [-0.4, -0.2) is 10.1 Å². The summed E-state index contributed by atoms with van der Waals surface area (Å²) in [6, 6.07) is 8.20. The molecule has 1 aromatic carbocycles. The van der Waals surface area contributed by atoms with Gasteiger partial charge in [0.25, 0.3) is 0 Å². The second-order valence-electron chi connectivity index (χ2n) is 6.47. The van der Waals surface area contributed by atoms with Gasteiger partial charge in [-0.25, -0.2) is 0 Å². The summed E-state index contributed by atoms with van der Waals surface area (Å²) < 4.78 is 5.34. The van der Waals surface area contributed by atoms with E-state index in [-0.39, 0.29) is 5.54 Å². The molecule has 0 radical (unpaired) electrons. The van der Waals surface area contributed by atoms with Gasteiger partial charge in [-0.1, -0.05) is 41.7 Å². The molecule has 0 amide bonds. The first-order valence-electron chi connectivity index (χ1n) is 8.09. The summed E-state index contributed by atoms with van der Waals surface area (Å²) in [5, 5.41) is 8.58. The highest BCUT2D eigenvalue weighted by atomic mass is 35.5. The van der Waals surface area contributed by atoms with Crippen LogP contribution in [0.15, 0.2) is 28.8 Å². The Labute approximate surface area is 135 Å². The van der Waals surface area contributed by atoms with Gasteiger partial charge in [0, 0.05) is 16.5 Å². The lowest BCUT2D eigenvalue weighted by Crippen LogP contribution is -2.39. The molecule has 0 saturated heterocycles. The minimum atomic E-state index is 0.0188. The monoisotopic (exact) mass is 317 g/mol. The highest BCUT2D eigenvalue weighted by Crippen LogP contribution is 2.40. The van der Waals surface area contributed by atoms with Crippen molar-refractivity contribution in [3.8, 4) is 0 Å². The Kier molecular flexibility index (Phi) is 3.66. The second kappa shape index (κ2) is 5.67. The molecule has 0 bridgehead atoms. The van der Waals surface area contributed by atoms with E-state index in [2.05, 4.69) is 27.6 Å². The number of rotatable bonds is 5. The lowest BCUT2D eigenvalue weighted by molar-refractivity contribution is 0.326. The molecule has 1 N–H and O–H groups in total. The normalized spacial score (nSPS) is 20.4. The van der Waals surface area contributed by atoms with E-state index in [1.807, 2.05) is 12.1 Å². The first-order chi connectivity index (χ1) is 10.8. The molecular formula is C17H20ClN3O. The predicted octanol–water partition coefficient (Wildman–Crippen LogP) is 4.16. The fourth-order valence-corrected chi connectivity index (χ4v) is 3.52. The Bertz CT molecular complexity index is 642. The third-order valence-electron chi connectivity index (χ3n) is 4.85. The average Bonchev–Trinajstić information content (AvgIpc) is 3.09. The van der Waals surface area contributed by atoms with Gasteiger partial charge in [0.05, 0.1) is 6.54 Å². The zero-order valence-electron chi connectivity index (χ0n) is 12.5. The largest absolute Gasteiger partial charge is 0.339 e. The van der Waals surface area contributed by atoms with Crippen LogP contribution in [0.5, 0.6) is 0 Å². The van der Waals surface area contributed by atoms with Gasteiger partial charge in [0.1, 0.15) is 0 Å². The van der Waals surface area contributed by atoms with Crippen LogP contribution in [0.2, 0.25) is 5.02 Å². The maximum absolute atomic E-state index is 6.02. The summed E-state index contributed by atoms with van der Waals surface area (Å²) in [5.74, 6) is 2.09. The Balaban J connectivity index is 1.50. The van der Waals surface area contributed by atoms with E-state index in [1.165, 1.54) is 31.2 Å². The molecule has 0 aliphatic heterocycles. The summed E-state index contributed by atoms with van der Waals surface area (Å²) in [6.07, 6.45) is 7.14. The van der Waals surface area contributed by atoms with Crippen molar-refractivity contribution in [1.29, 1.82) is 0 Å². The van der Waals surface area contributed by atoms with Gasteiger partial charge in [-0.3, -0.25) is 0 Å². The molecule has 0 unspecified atom stereocenters. The van der Waals surface area contributed by atoms with Crippen molar-refractivity contribution in [3.63, 3.8) is 0 Å². The summed E-state index contributed by atoms with van der Waals surface area (Å²) in [7, 11) is 0. The minimum Gasteiger partial charge on any atom is -0.339 e. The van der Waals surface area contributed by atoms with Crippen LogP contribution < -0.4 is 5.32 Å². The van der Waals surface area contributed by atoms with E-state index in [1.54, 1.807) is 0 Å². The quantitative estimate of drug-likeness (QED) is 0.899. The lowest BCUT2D eigenvalue weighted by Gasteiger charge is -2.30. The molecule has 2 fully saturated rings. The number of nitrogens with one attached hydrogen (secondary N) is 1. The lowest BCUT2D eigenvalue weighted by atomic mass is 9.88. The molecule has 116 valence electrons. The molecule has 1 aromatic heterocycles. The molecule has 0 spiro atoms. The molecule has 4 rings (SSSR count). The van der Waals surface area contributed by atoms with Gasteiger partial charge in [0.15, 0.2) is 5.82 Å². The van der Waals surface area contributed by atoms with Crippen LogP contribution in [0.1, 0.15) is 61.7 Å². The van der Waals surface area contributed by atoms with Gasteiger partial charge in [-0.05, 0) is 43.4 Å². The molecule has 1 heterocycles. The van der Waals surface area contributed by atoms with Crippen LogP contribution in [0.4, 0.5) is 0 Å². The molecule has 2 aromatic rings. The molecule has 2 aliphatic rings. The maximum atomic E-state index is 6.02. The van der Waals surface area contributed by atoms with E-state index in [4.69, 9.17) is 16.1 Å². The highest BCUT2D eigenvalue weighted by molar-refractivity contribution is 6.30. The molecule has 2 aliphatic carbocycles. The number of hydrogen-bond acceptors (Lipinski definition) is 4. The Hall–Kier alpha value is -1.39. The molecular weight excluding hydrogens is 298 g/mol. The van der Waals surface area contributed by atoms with Crippen molar-refractivity contribution >= 4 is 11.6 Å². The van der Waals surface area contributed by atoms with E-state index in [0.717, 1.165) is 29.6 Å².